The Balaban J connectivity index is 0.000000376. The quantitative estimate of drug-likeness (QED) is 0.446. The van der Waals surface area contributed by atoms with Gasteiger partial charge in [-0.3, -0.25) is 4.79 Å². The van der Waals surface area contributed by atoms with E-state index >= 15 is 0 Å². The molecule has 2 nitrogen and oxygen atoms in total. The molecule has 0 amide bonds. The Bertz CT molecular complexity index is 659. The predicted octanol–water partition coefficient (Wildman–Crippen LogP) is 6.39. The lowest BCUT2D eigenvalue weighted by atomic mass is 9.48. The van der Waals surface area contributed by atoms with Crippen LogP contribution in [0.25, 0.3) is 0 Å². The van der Waals surface area contributed by atoms with Gasteiger partial charge in [-0.25, -0.2) is 0 Å². The number of carbonyl (C=O) groups excluding carboxylic acids is 1. The average Bonchev–Trinajstić information content (AvgIpc) is 2.98. The first-order valence-electron chi connectivity index (χ1n) is 10.9. The van der Waals surface area contributed by atoms with E-state index in [1.807, 2.05) is 0 Å². The van der Waals surface area contributed by atoms with Gasteiger partial charge in [-0.05, 0) is 105 Å². The Labute approximate surface area is 165 Å². The summed E-state index contributed by atoms with van der Waals surface area (Å²) in [7, 11) is 0. The van der Waals surface area contributed by atoms with Crippen molar-refractivity contribution in [3.8, 4) is 0 Å². The molecule has 7 atom stereocenters. The van der Waals surface area contributed by atoms with Crippen LogP contribution in [0, 0.1) is 46.3 Å². The second-order valence-corrected chi connectivity index (χ2v) is 9.57. The highest BCUT2D eigenvalue weighted by molar-refractivity contribution is 5.93. The molecule has 0 aromatic rings. The van der Waals surface area contributed by atoms with Gasteiger partial charge in [0.2, 0.25) is 0 Å². The molecule has 148 valence electrons. The van der Waals surface area contributed by atoms with Gasteiger partial charge in [0.05, 0.1) is 0 Å². The van der Waals surface area contributed by atoms with Crippen LogP contribution in [0.3, 0.4) is 0 Å². The van der Waals surface area contributed by atoms with Crippen LogP contribution in [-0.2, 0) is 4.79 Å². The Morgan fingerprint density at radius 3 is 2.56 bits per heavy atom. The summed E-state index contributed by atoms with van der Waals surface area (Å²) in [4.78, 5) is 9.69. The van der Waals surface area contributed by atoms with Crippen LogP contribution in [0.1, 0.15) is 65.7 Å². The molecule has 0 heterocycles. The molecule has 3 fully saturated rings. The molecule has 2 heteroatoms. The molecule has 1 N–H and O–H groups in total. The largest absolute Gasteiger partial charge is 0.305 e. The maximum atomic E-state index is 9.69. The Morgan fingerprint density at radius 1 is 1.22 bits per heavy atom. The van der Waals surface area contributed by atoms with E-state index in [1.165, 1.54) is 51.5 Å². The standard InChI is InChI=1S/C21H31N.C4H6O/c1-4-21-10-9-18-17-7-6-16(22)12-15(17)11-13(2)20(18)19(21)8-5-14(21)3;1-3-4(2)5/h4,12-14,17-20,22H,1,5-11H2,2-3H3;3H,1H2,2H3. The average molecular weight is 368 g/mol. The van der Waals surface area contributed by atoms with Crippen LogP contribution in [-0.4, -0.2) is 11.5 Å². The third-order valence-corrected chi connectivity index (χ3v) is 8.35. The minimum atomic E-state index is 0.0185. The van der Waals surface area contributed by atoms with E-state index in [1.54, 1.807) is 5.57 Å². The second kappa shape index (κ2) is 7.89. The van der Waals surface area contributed by atoms with Gasteiger partial charge in [0.15, 0.2) is 5.78 Å². The van der Waals surface area contributed by atoms with Crippen molar-refractivity contribution >= 4 is 11.5 Å². The van der Waals surface area contributed by atoms with Gasteiger partial charge in [-0.15, -0.1) is 6.58 Å². The highest BCUT2D eigenvalue weighted by Crippen LogP contribution is 2.65. The predicted molar refractivity (Wildman–Crippen MR) is 114 cm³/mol. The number of carbonyl (C=O) groups is 1. The lowest BCUT2D eigenvalue weighted by molar-refractivity contribution is -0.112. The van der Waals surface area contributed by atoms with Crippen molar-refractivity contribution < 1.29 is 4.79 Å². The van der Waals surface area contributed by atoms with E-state index < -0.39 is 0 Å². The van der Waals surface area contributed by atoms with E-state index in [0.717, 1.165) is 47.6 Å². The molecule has 0 saturated heterocycles. The van der Waals surface area contributed by atoms with Crippen molar-refractivity contribution in [3.05, 3.63) is 37.0 Å². The van der Waals surface area contributed by atoms with Gasteiger partial charge in [0, 0.05) is 5.71 Å². The first kappa shape index (κ1) is 20.3. The topological polar surface area (TPSA) is 40.9 Å². The summed E-state index contributed by atoms with van der Waals surface area (Å²) in [5.41, 5.74) is 2.95. The monoisotopic (exact) mass is 367 g/mol. The molecule has 27 heavy (non-hydrogen) atoms. The fraction of sp³-hybridized carbons (Fsp3) is 0.680. The molecular weight excluding hydrogens is 330 g/mol. The van der Waals surface area contributed by atoms with Crippen LogP contribution >= 0.6 is 0 Å². The van der Waals surface area contributed by atoms with E-state index in [-0.39, 0.29) is 5.78 Å². The van der Waals surface area contributed by atoms with Crippen molar-refractivity contribution in [2.24, 2.45) is 40.9 Å². The summed E-state index contributed by atoms with van der Waals surface area (Å²) in [5, 5.41) is 8.02. The summed E-state index contributed by atoms with van der Waals surface area (Å²) in [6, 6.07) is 0. The summed E-state index contributed by atoms with van der Waals surface area (Å²) < 4.78 is 0. The van der Waals surface area contributed by atoms with Crippen LogP contribution in [0.15, 0.2) is 37.0 Å². The van der Waals surface area contributed by atoms with Crippen molar-refractivity contribution in [3.63, 3.8) is 0 Å². The molecule has 7 unspecified atom stereocenters. The lowest BCUT2D eigenvalue weighted by Crippen LogP contribution is -2.49. The van der Waals surface area contributed by atoms with Gasteiger partial charge >= 0.3 is 0 Å². The number of ketones is 1. The number of nitrogens with one attached hydrogen (secondary N) is 1. The van der Waals surface area contributed by atoms with E-state index in [0.29, 0.717) is 5.41 Å². The molecule has 0 aromatic carbocycles. The zero-order valence-corrected chi connectivity index (χ0v) is 17.5. The van der Waals surface area contributed by atoms with Crippen LogP contribution in [0.2, 0.25) is 0 Å². The highest BCUT2D eigenvalue weighted by atomic mass is 16.1. The fourth-order valence-corrected chi connectivity index (χ4v) is 7.07. The molecule has 0 spiro atoms. The molecular formula is C25H37NO. The molecule has 4 rings (SSSR count). The third kappa shape index (κ3) is 3.52. The molecule has 0 aromatic heterocycles. The number of rotatable bonds is 2. The number of hydrogen-bond donors (Lipinski definition) is 1. The molecule has 3 saturated carbocycles. The number of fused-ring (bicyclic) bond motifs is 5. The van der Waals surface area contributed by atoms with Gasteiger partial charge in [-0.2, -0.15) is 0 Å². The Hall–Kier alpha value is -1.44. The minimum Gasteiger partial charge on any atom is -0.305 e. The Morgan fingerprint density at radius 2 is 1.93 bits per heavy atom. The second-order valence-electron chi connectivity index (χ2n) is 9.57. The molecule has 0 bridgehead atoms. The maximum Gasteiger partial charge on any atom is 0.152 e. The van der Waals surface area contributed by atoms with Crippen molar-refractivity contribution in [2.75, 3.05) is 0 Å². The van der Waals surface area contributed by atoms with Gasteiger partial charge in [0.25, 0.3) is 0 Å². The fourth-order valence-electron chi connectivity index (χ4n) is 7.07. The summed E-state index contributed by atoms with van der Waals surface area (Å²) >= 11 is 0. The SMILES string of the molecule is C=CC(C)=O.C=CC12CCC3C4CCC(=N)C=C4CC(C)C3C1CCC2C. The van der Waals surface area contributed by atoms with Crippen LogP contribution in [0.5, 0.6) is 0 Å². The molecule has 4 aliphatic carbocycles. The van der Waals surface area contributed by atoms with Gasteiger partial charge in [0.1, 0.15) is 0 Å². The molecule has 4 aliphatic rings. The summed E-state index contributed by atoms with van der Waals surface area (Å²) in [6.07, 6.45) is 15.0. The summed E-state index contributed by atoms with van der Waals surface area (Å²) in [6.45, 7) is 13.9. The van der Waals surface area contributed by atoms with E-state index in [9.17, 15) is 4.79 Å². The lowest BCUT2D eigenvalue weighted by Gasteiger charge is -2.56. The summed E-state index contributed by atoms with van der Waals surface area (Å²) in [5.74, 6) is 5.14. The molecule has 0 aliphatic heterocycles. The van der Waals surface area contributed by atoms with Crippen molar-refractivity contribution in [1.29, 1.82) is 5.41 Å². The van der Waals surface area contributed by atoms with E-state index in [4.69, 9.17) is 5.41 Å². The molecule has 0 radical (unpaired) electrons. The first-order valence-corrected chi connectivity index (χ1v) is 10.9. The smallest absolute Gasteiger partial charge is 0.152 e. The number of allylic oxidation sites excluding steroid dienone is 4. The minimum absolute atomic E-state index is 0.0185. The zero-order valence-electron chi connectivity index (χ0n) is 17.5. The van der Waals surface area contributed by atoms with Gasteiger partial charge < -0.3 is 5.41 Å². The highest BCUT2D eigenvalue weighted by Gasteiger charge is 2.57. The van der Waals surface area contributed by atoms with Gasteiger partial charge in [-0.1, -0.05) is 32.1 Å². The van der Waals surface area contributed by atoms with E-state index in [2.05, 4.69) is 39.2 Å². The van der Waals surface area contributed by atoms with Crippen LogP contribution in [0.4, 0.5) is 0 Å². The third-order valence-electron chi connectivity index (χ3n) is 8.35. The van der Waals surface area contributed by atoms with Crippen LogP contribution < -0.4 is 0 Å². The Kier molecular flexibility index (Phi) is 5.93. The van der Waals surface area contributed by atoms with Crippen molar-refractivity contribution in [1.82, 2.24) is 0 Å². The first-order chi connectivity index (χ1) is 12.8. The van der Waals surface area contributed by atoms with Crippen molar-refractivity contribution in [2.45, 2.75) is 65.7 Å². The zero-order chi connectivity index (χ0) is 19.8. The normalized spacial score (nSPS) is 42.5. The number of hydrogen-bond acceptors (Lipinski definition) is 2. The maximum absolute atomic E-state index is 9.69.